The molecule has 1 amide bonds. The van der Waals surface area contributed by atoms with Crippen LogP contribution < -0.4 is 21.3 Å². The molecule has 4 aromatic rings. The van der Waals surface area contributed by atoms with Gasteiger partial charge in [-0.2, -0.15) is 0 Å². The van der Waals surface area contributed by atoms with Gasteiger partial charge in [-0.25, -0.2) is 9.50 Å². The predicted octanol–water partition coefficient (Wildman–Crippen LogP) is 6.37. The van der Waals surface area contributed by atoms with Crippen LogP contribution in [0.1, 0.15) is 62.0 Å². The van der Waals surface area contributed by atoms with E-state index in [4.69, 9.17) is 9.84 Å². The number of anilines is 4. The van der Waals surface area contributed by atoms with E-state index in [1.54, 1.807) is 17.0 Å². The van der Waals surface area contributed by atoms with Crippen LogP contribution in [0.4, 0.5) is 22.9 Å². The Morgan fingerprint density at radius 2 is 1.82 bits per heavy atom. The first-order valence-electron chi connectivity index (χ1n) is 14.0. The Kier molecular flexibility index (Phi) is 7.27. The Hall–Kier alpha value is -4.53. The zero-order chi connectivity index (χ0) is 27.5. The van der Waals surface area contributed by atoms with Crippen LogP contribution in [0.15, 0.2) is 73.1 Å². The summed E-state index contributed by atoms with van der Waals surface area (Å²) in [5.41, 5.74) is 5.14. The molecule has 1 atom stereocenters. The summed E-state index contributed by atoms with van der Waals surface area (Å²) in [6.07, 6.45) is 9.18. The van der Waals surface area contributed by atoms with Gasteiger partial charge >= 0.3 is 0 Å². The molecule has 0 bridgehead atoms. The van der Waals surface area contributed by atoms with Crippen LogP contribution in [0.2, 0.25) is 0 Å². The molecule has 6 rings (SSSR count). The van der Waals surface area contributed by atoms with Crippen LogP contribution in [0.25, 0.3) is 11.3 Å². The van der Waals surface area contributed by atoms with E-state index in [1.165, 1.54) is 19.3 Å². The SMILES string of the molecule is CC(C)C1NC(c2cccc(NC(=O)c3cnc4c(Nc5ccccc5)cc(NC5CCCCC5)nn34)c2)=CO1. The summed E-state index contributed by atoms with van der Waals surface area (Å²) in [6.45, 7) is 4.21. The van der Waals surface area contributed by atoms with Gasteiger partial charge in [0.25, 0.3) is 5.91 Å². The van der Waals surface area contributed by atoms with Gasteiger partial charge < -0.3 is 26.0 Å². The lowest BCUT2D eigenvalue weighted by atomic mass is 9.95. The van der Waals surface area contributed by atoms with Gasteiger partial charge in [-0.05, 0) is 37.1 Å². The van der Waals surface area contributed by atoms with Crippen LogP contribution >= 0.6 is 0 Å². The molecule has 4 N–H and O–H groups in total. The summed E-state index contributed by atoms with van der Waals surface area (Å²) in [5.74, 6) is 0.756. The van der Waals surface area contributed by atoms with E-state index in [0.29, 0.717) is 34.8 Å². The number of benzene rings is 2. The molecule has 3 heterocycles. The van der Waals surface area contributed by atoms with E-state index in [-0.39, 0.29) is 12.1 Å². The van der Waals surface area contributed by atoms with Gasteiger partial charge in [-0.15, -0.1) is 5.10 Å². The molecule has 1 aliphatic carbocycles. The fourth-order valence-corrected chi connectivity index (χ4v) is 5.22. The highest BCUT2D eigenvalue weighted by Gasteiger charge is 2.22. The largest absolute Gasteiger partial charge is 0.476 e. The Bertz CT molecular complexity index is 1520. The normalized spacial score (nSPS) is 17.3. The lowest BCUT2D eigenvalue weighted by Crippen LogP contribution is -2.28. The van der Waals surface area contributed by atoms with Crippen molar-refractivity contribution in [1.29, 1.82) is 0 Å². The van der Waals surface area contributed by atoms with Gasteiger partial charge in [-0.1, -0.05) is 63.4 Å². The number of nitrogens with zero attached hydrogens (tertiary/aromatic N) is 3. The highest BCUT2D eigenvalue weighted by molar-refractivity contribution is 6.04. The number of ether oxygens (including phenoxy) is 1. The van der Waals surface area contributed by atoms with Gasteiger partial charge in [-0.3, -0.25) is 4.79 Å². The van der Waals surface area contributed by atoms with E-state index >= 15 is 0 Å². The van der Waals surface area contributed by atoms with Crippen molar-refractivity contribution in [2.75, 3.05) is 16.0 Å². The predicted molar refractivity (Wildman–Crippen MR) is 158 cm³/mol. The molecule has 2 aliphatic rings. The number of para-hydroxylation sites is 1. The van der Waals surface area contributed by atoms with Crippen molar-refractivity contribution in [3.8, 4) is 0 Å². The Morgan fingerprint density at radius 1 is 1.02 bits per heavy atom. The van der Waals surface area contributed by atoms with Gasteiger partial charge in [0, 0.05) is 35.0 Å². The molecule has 2 aromatic carbocycles. The van der Waals surface area contributed by atoms with Gasteiger partial charge in [0.05, 0.1) is 17.6 Å². The summed E-state index contributed by atoms with van der Waals surface area (Å²) in [6, 6.07) is 20.0. The van der Waals surface area contributed by atoms with Crippen LogP contribution in [0, 0.1) is 5.92 Å². The molecule has 1 unspecified atom stereocenters. The number of aromatic nitrogens is 3. The molecule has 1 aliphatic heterocycles. The molecule has 9 nitrogen and oxygen atoms in total. The first-order valence-corrected chi connectivity index (χ1v) is 14.0. The van der Waals surface area contributed by atoms with Crippen molar-refractivity contribution in [2.45, 2.75) is 58.2 Å². The maximum atomic E-state index is 13.5. The lowest BCUT2D eigenvalue weighted by Gasteiger charge is -2.23. The molecular weight excluding hydrogens is 502 g/mol. The smallest absolute Gasteiger partial charge is 0.276 e. The van der Waals surface area contributed by atoms with Crippen LogP contribution in [0.5, 0.6) is 0 Å². The number of nitrogens with one attached hydrogen (secondary N) is 4. The minimum atomic E-state index is -0.290. The van der Waals surface area contributed by atoms with Crippen LogP contribution in [-0.4, -0.2) is 32.8 Å². The molecule has 0 radical (unpaired) electrons. The fourth-order valence-electron chi connectivity index (χ4n) is 5.22. The minimum absolute atomic E-state index is 0.0624. The molecular formula is C31H35N7O2. The summed E-state index contributed by atoms with van der Waals surface area (Å²) in [5, 5.41) is 18.3. The van der Waals surface area contributed by atoms with E-state index in [2.05, 4.69) is 40.1 Å². The van der Waals surface area contributed by atoms with Gasteiger partial charge in [0.2, 0.25) is 0 Å². The van der Waals surface area contributed by atoms with Crippen molar-refractivity contribution in [1.82, 2.24) is 19.9 Å². The zero-order valence-electron chi connectivity index (χ0n) is 22.9. The topological polar surface area (TPSA) is 105 Å². The highest BCUT2D eigenvalue weighted by atomic mass is 16.5. The Balaban J connectivity index is 1.28. The van der Waals surface area contributed by atoms with E-state index in [0.717, 1.165) is 35.5 Å². The van der Waals surface area contributed by atoms with Crippen molar-refractivity contribution < 1.29 is 9.53 Å². The first kappa shape index (κ1) is 25.7. The summed E-state index contributed by atoms with van der Waals surface area (Å²) < 4.78 is 7.36. The number of fused-ring (bicyclic) bond motifs is 1. The van der Waals surface area contributed by atoms with Crippen LogP contribution in [0.3, 0.4) is 0 Å². The number of imidazole rings is 1. The monoisotopic (exact) mass is 537 g/mol. The second-order valence-corrected chi connectivity index (χ2v) is 10.8. The third kappa shape index (κ3) is 5.59. The molecule has 206 valence electrons. The number of hydrogen-bond acceptors (Lipinski definition) is 7. The van der Waals surface area contributed by atoms with E-state index in [1.807, 2.05) is 60.7 Å². The number of carbonyl (C=O) groups excluding carboxylic acids is 1. The molecule has 1 saturated carbocycles. The molecule has 40 heavy (non-hydrogen) atoms. The third-order valence-corrected chi connectivity index (χ3v) is 7.38. The highest BCUT2D eigenvalue weighted by Crippen LogP contribution is 2.28. The molecule has 0 spiro atoms. The number of hydrogen-bond donors (Lipinski definition) is 4. The maximum absolute atomic E-state index is 13.5. The quantitative estimate of drug-likeness (QED) is 0.207. The maximum Gasteiger partial charge on any atom is 0.276 e. The number of amides is 1. The molecule has 2 aromatic heterocycles. The van der Waals surface area contributed by atoms with Crippen LogP contribution in [-0.2, 0) is 4.74 Å². The van der Waals surface area contributed by atoms with E-state index in [9.17, 15) is 4.79 Å². The van der Waals surface area contributed by atoms with Gasteiger partial charge in [0.15, 0.2) is 17.6 Å². The Labute approximate surface area is 234 Å². The number of rotatable bonds is 8. The minimum Gasteiger partial charge on any atom is -0.476 e. The van der Waals surface area contributed by atoms with Crippen molar-refractivity contribution in [3.63, 3.8) is 0 Å². The number of carbonyl (C=O) groups is 1. The Morgan fingerprint density at radius 3 is 2.60 bits per heavy atom. The second kappa shape index (κ2) is 11.3. The molecule has 1 fully saturated rings. The zero-order valence-corrected chi connectivity index (χ0v) is 22.9. The summed E-state index contributed by atoms with van der Waals surface area (Å²) in [7, 11) is 0. The van der Waals surface area contributed by atoms with Crippen molar-refractivity contribution in [2.24, 2.45) is 5.92 Å². The summed E-state index contributed by atoms with van der Waals surface area (Å²) in [4.78, 5) is 18.1. The van der Waals surface area contributed by atoms with Gasteiger partial charge in [0.1, 0.15) is 12.1 Å². The standard InChI is InChI=1S/C31H35N7O2/c1-20(2)31-36-26(19-40-31)21-10-9-15-24(16-21)35-30(39)27-18-32-29-25(33-22-11-5-3-6-12-22)17-28(37-38(27)29)34-23-13-7-4-8-14-23/h3,5-6,9-12,15-20,23,31,33,36H,4,7-8,13-14H2,1-2H3,(H,34,37)(H,35,39). The van der Waals surface area contributed by atoms with Crippen molar-refractivity contribution >= 4 is 40.1 Å². The average Bonchev–Trinajstić information content (AvgIpc) is 3.63. The fraction of sp³-hybridized carbons (Fsp3) is 0.323. The average molecular weight is 538 g/mol. The summed E-state index contributed by atoms with van der Waals surface area (Å²) >= 11 is 0. The second-order valence-electron chi connectivity index (χ2n) is 10.8. The first-order chi connectivity index (χ1) is 19.5. The van der Waals surface area contributed by atoms with Crippen molar-refractivity contribution in [3.05, 3.63) is 84.4 Å². The molecule has 0 saturated heterocycles. The molecule has 9 heteroatoms. The lowest BCUT2D eigenvalue weighted by molar-refractivity contribution is 0.102. The third-order valence-electron chi connectivity index (χ3n) is 7.38. The van der Waals surface area contributed by atoms with E-state index < -0.39 is 0 Å².